The van der Waals surface area contributed by atoms with E-state index < -0.39 is 0 Å². The normalized spacial score (nSPS) is 18.7. The summed E-state index contributed by atoms with van der Waals surface area (Å²) in [5, 5.41) is 9.93. The fourth-order valence-electron chi connectivity index (χ4n) is 2.85. The molecule has 0 spiro atoms. The summed E-state index contributed by atoms with van der Waals surface area (Å²) in [5.41, 5.74) is 1.13. The number of fused-ring (bicyclic) bond motifs is 1. The standard InChI is InChI=1S/C15H21NO3/c17-13-10-12(4-3-7-16-5-1-2-6-16)11-14-15(13)19-9-8-18-14/h10-11,17H,1-9H2. The zero-order chi connectivity index (χ0) is 13.1. The van der Waals surface area contributed by atoms with Gasteiger partial charge in [-0.05, 0) is 63.0 Å². The van der Waals surface area contributed by atoms with Crippen LogP contribution in [0.25, 0.3) is 0 Å². The maximum absolute atomic E-state index is 9.93. The van der Waals surface area contributed by atoms with Crippen molar-refractivity contribution in [1.29, 1.82) is 0 Å². The van der Waals surface area contributed by atoms with Gasteiger partial charge in [0.25, 0.3) is 0 Å². The molecule has 4 nitrogen and oxygen atoms in total. The lowest BCUT2D eigenvalue weighted by Crippen LogP contribution is -2.20. The Labute approximate surface area is 113 Å². The van der Waals surface area contributed by atoms with E-state index in [1.165, 1.54) is 25.9 Å². The van der Waals surface area contributed by atoms with Gasteiger partial charge in [-0.15, -0.1) is 0 Å². The molecule has 1 aromatic carbocycles. The zero-order valence-corrected chi connectivity index (χ0v) is 11.2. The Bertz CT molecular complexity index is 441. The van der Waals surface area contributed by atoms with Crippen LogP contribution in [0.15, 0.2) is 12.1 Å². The first-order valence-electron chi connectivity index (χ1n) is 7.17. The topological polar surface area (TPSA) is 41.9 Å². The third-order valence-corrected chi connectivity index (χ3v) is 3.82. The highest BCUT2D eigenvalue weighted by Gasteiger charge is 2.17. The predicted molar refractivity (Wildman–Crippen MR) is 73.1 cm³/mol. The molecular formula is C15H21NO3. The van der Waals surface area contributed by atoms with E-state index in [0.29, 0.717) is 24.7 Å². The Hall–Kier alpha value is -1.42. The second-order valence-electron chi connectivity index (χ2n) is 5.29. The van der Waals surface area contributed by atoms with Gasteiger partial charge in [0.15, 0.2) is 11.5 Å². The minimum absolute atomic E-state index is 0.202. The van der Waals surface area contributed by atoms with Gasteiger partial charge in [-0.2, -0.15) is 0 Å². The second kappa shape index (κ2) is 5.70. The first-order valence-corrected chi connectivity index (χ1v) is 7.17. The minimum Gasteiger partial charge on any atom is -0.504 e. The van der Waals surface area contributed by atoms with Gasteiger partial charge >= 0.3 is 0 Å². The molecule has 1 saturated heterocycles. The summed E-state index contributed by atoms with van der Waals surface area (Å²) in [5.74, 6) is 1.38. The van der Waals surface area contributed by atoms with Crippen LogP contribution in [-0.2, 0) is 6.42 Å². The van der Waals surface area contributed by atoms with Gasteiger partial charge in [0, 0.05) is 0 Å². The summed E-state index contributed by atoms with van der Waals surface area (Å²) in [6, 6.07) is 3.80. The molecule has 2 aliphatic heterocycles. The van der Waals surface area contributed by atoms with Crippen LogP contribution in [0.5, 0.6) is 17.2 Å². The van der Waals surface area contributed by atoms with Crippen molar-refractivity contribution >= 4 is 0 Å². The van der Waals surface area contributed by atoms with E-state index in [9.17, 15) is 5.11 Å². The van der Waals surface area contributed by atoms with Gasteiger partial charge in [-0.25, -0.2) is 0 Å². The van der Waals surface area contributed by atoms with Crippen molar-refractivity contribution in [2.75, 3.05) is 32.8 Å². The molecule has 0 aliphatic carbocycles. The molecule has 3 rings (SSSR count). The molecular weight excluding hydrogens is 242 g/mol. The van der Waals surface area contributed by atoms with E-state index in [0.717, 1.165) is 24.9 Å². The summed E-state index contributed by atoms with van der Waals surface area (Å²) >= 11 is 0. The van der Waals surface area contributed by atoms with E-state index in [1.807, 2.05) is 6.07 Å². The molecule has 0 unspecified atom stereocenters. The number of nitrogens with zero attached hydrogens (tertiary/aromatic N) is 1. The zero-order valence-electron chi connectivity index (χ0n) is 11.2. The Morgan fingerprint density at radius 3 is 2.74 bits per heavy atom. The van der Waals surface area contributed by atoms with Crippen molar-refractivity contribution in [3.05, 3.63) is 17.7 Å². The van der Waals surface area contributed by atoms with Gasteiger partial charge in [-0.3, -0.25) is 0 Å². The lowest BCUT2D eigenvalue weighted by atomic mass is 10.1. The maximum Gasteiger partial charge on any atom is 0.203 e. The van der Waals surface area contributed by atoms with Crippen LogP contribution in [0.4, 0.5) is 0 Å². The highest BCUT2D eigenvalue weighted by atomic mass is 16.6. The Morgan fingerprint density at radius 2 is 1.89 bits per heavy atom. The highest BCUT2D eigenvalue weighted by Crippen LogP contribution is 2.39. The van der Waals surface area contributed by atoms with E-state index >= 15 is 0 Å². The summed E-state index contributed by atoms with van der Waals surface area (Å²) in [6.45, 7) is 4.70. The Morgan fingerprint density at radius 1 is 1.11 bits per heavy atom. The van der Waals surface area contributed by atoms with Crippen molar-refractivity contribution in [3.63, 3.8) is 0 Å². The summed E-state index contributed by atoms with van der Waals surface area (Å²) in [6.07, 6.45) is 4.77. The molecule has 1 aromatic rings. The summed E-state index contributed by atoms with van der Waals surface area (Å²) in [4.78, 5) is 2.51. The van der Waals surface area contributed by atoms with Gasteiger partial charge in [0.1, 0.15) is 13.2 Å². The van der Waals surface area contributed by atoms with Crippen LogP contribution in [-0.4, -0.2) is 42.9 Å². The monoisotopic (exact) mass is 263 g/mol. The van der Waals surface area contributed by atoms with Crippen LogP contribution in [0.1, 0.15) is 24.8 Å². The van der Waals surface area contributed by atoms with Gasteiger partial charge in [-0.1, -0.05) is 0 Å². The summed E-state index contributed by atoms with van der Waals surface area (Å²) < 4.78 is 10.9. The lowest BCUT2D eigenvalue weighted by Gasteiger charge is -2.20. The van der Waals surface area contributed by atoms with Crippen LogP contribution < -0.4 is 9.47 Å². The first-order chi connectivity index (χ1) is 9.33. The van der Waals surface area contributed by atoms with Gasteiger partial charge in [0.2, 0.25) is 5.75 Å². The maximum atomic E-state index is 9.93. The van der Waals surface area contributed by atoms with Crippen molar-refractivity contribution in [2.45, 2.75) is 25.7 Å². The van der Waals surface area contributed by atoms with Crippen LogP contribution in [0.2, 0.25) is 0 Å². The van der Waals surface area contributed by atoms with Crippen molar-refractivity contribution in [1.82, 2.24) is 4.90 Å². The molecule has 0 radical (unpaired) electrons. The molecule has 0 amide bonds. The fraction of sp³-hybridized carbons (Fsp3) is 0.600. The molecule has 0 saturated carbocycles. The Balaban J connectivity index is 1.59. The molecule has 104 valence electrons. The van der Waals surface area contributed by atoms with Crippen molar-refractivity contribution in [2.24, 2.45) is 0 Å². The van der Waals surface area contributed by atoms with Crippen LogP contribution in [0.3, 0.4) is 0 Å². The number of phenolic OH excluding ortho intramolecular Hbond substituents is 1. The van der Waals surface area contributed by atoms with Crippen molar-refractivity contribution < 1.29 is 14.6 Å². The number of rotatable bonds is 4. The third-order valence-electron chi connectivity index (χ3n) is 3.82. The largest absolute Gasteiger partial charge is 0.504 e. The van der Waals surface area contributed by atoms with Crippen LogP contribution >= 0.6 is 0 Å². The number of aromatic hydroxyl groups is 1. The molecule has 2 heterocycles. The molecule has 2 aliphatic rings. The number of phenols is 1. The van der Waals surface area contributed by atoms with E-state index in [1.54, 1.807) is 6.07 Å². The minimum atomic E-state index is 0.202. The van der Waals surface area contributed by atoms with E-state index in [2.05, 4.69) is 4.90 Å². The lowest BCUT2D eigenvalue weighted by molar-refractivity contribution is 0.165. The predicted octanol–water partition coefficient (Wildman–Crippen LogP) is 2.19. The molecule has 0 atom stereocenters. The second-order valence-corrected chi connectivity index (χ2v) is 5.29. The Kier molecular flexibility index (Phi) is 3.78. The average molecular weight is 263 g/mol. The van der Waals surface area contributed by atoms with Gasteiger partial charge in [0.05, 0.1) is 0 Å². The number of hydrogen-bond donors (Lipinski definition) is 1. The SMILES string of the molecule is Oc1cc(CCCN2CCCC2)cc2c1OCCO2. The number of benzene rings is 1. The molecule has 1 N–H and O–H groups in total. The quantitative estimate of drug-likeness (QED) is 0.904. The molecule has 0 bridgehead atoms. The average Bonchev–Trinajstić information content (AvgIpc) is 2.92. The third kappa shape index (κ3) is 2.95. The number of ether oxygens (including phenoxy) is 2. The first kappa shape index (κ1) is 12.6. The van der Waals surface area contributed by atoms with E-state index in [-0.39, 0.29) is 5.75 Å². The molecule has 19 heavy (non-hydrogen) atoms. The van der Waals surface area contributed by atoms with Crippen molar-refractivity contribution in [3.8, 4) is 17.2 Å². The van der Waals surface area contributed by atoms with Crippen LogP contribution in [0, 0.1) is 0 Å². The fourth-order valence-corrected chi connectivity index (χ4v) is 2.85. The number of aryl methyl sites for hydroxylation is 1. The number of likely N-dealkylation sites (tertiary alicyclic amines) is 1. The molecule has 0 aromatic heterocycles. The van der Waals surface area contributed by atoms with E-state index in [4.69, 9.17) is 9.47 Å². The number of hydrogen-bond acceptors (Lipinski definition) is 4. The molecule has 1 fully saturated rings. The summed E-state index contributed by atoms with van der Waals surface area (Å²) in [7, 11) is 0. The highest BCUT2D eigenvalue weighted by molar-refractivity contribution is 5.53. The molecule has 4 heteroatoms. The van der Waals surface area contributed by atoms with Gasteiger partial charge < -0.3 is 19.5 Å². The smallest absolute Gasteiger partial charge is 0.203 e.